The normalized spacial score (nSPS) is 10.3. The van der Waals surface area contributed by atoms with Crippen molar-refractivity contribution in [2.24, 2.45) is 0 Å². The molecule has 0 saturated heterocycles. The highest BCUT2D eigenvalue weighted by atomic mass is 35.5. The van der Waals surface area contributed by atoms with Gasteiger partial charge >= 0.3 is 11.9 Å². The first-order valence-corrected chi connectivity index (χ1v) is 12.0. The Balaban J connectivity index is 1.69. The van der Waals surface area contributed by atoms with Gasteiger partial charge in [0.2, 0.25) is 0 Å². The summed E-state index contributed by atoms with van der Waals surface area (Å²) in [5.74, 6) is -2.01. The summed E-state index contributed by atoms with van der Waals surface area (Å²) in [6.07, 6.45) is 2.41. The predicted molar refractivity (Wildman–Crippen MR) is 140 cm³/mol. The van der Waals surface area contributed by atoms with Crippen molar-refractivity contribution in [2.45, 2.75) is 6.42 Å². The Hall–Kier alpha value is -3.04. The number of ketones is 2. The topological polar surface area (TPSA) is 105 Å². The van der Waals surface area contributed by atoms with Crippen molar-refractivity contribution in [2.75, 3.05) is 26.4 Å². The van der Waals surface area contributed by atoms with Gasteiger partial charge < -0.3 is 18.9 Å². The predicted octanol–water partition coefficient (Wildman–Crippen LogP) is 5.97. The van der Waals surface area contributed by atoms with Gasteiger partial charge in [0.15, 0.2) is 24.8 Å². The van der Waals surface area contributed by atoms with Gasteiger partial charge in [-0.25, -0.2) is 9.59 Å². The van der Waals surface area contributed by atoms with Gasteiger partial charge in [0.05, 0.1) is 23.3 Å². The number of allylic oxidation sites excluding steroid dienone is 2. The van der Waals surface area contributed by atoms with Gasteiger partial charge in [0, 0.05) is 17.5 Å². The number of hydrogen-bond donors (Lipinski definition) is 0. The van der Waals surface area contributed by atoms with Crippen molar-refractivity contribution in [1.29, 1.82) is 0 Å². The second kappa shape index (κ2) is 14.6. The van der Waals surface area contributed by atoms with E-state index in [-0.39, 0.29) is 62.4 Å². The fraction of sp³-hybridized carbons (Fsp3) is 0.200. The standard InChI is InChI=1S/C25H20Cl4O8/c1-3-16(30)14-6-8-18(24(28)22(14)26)36-12-20(32)34-10-5-11-35-21(33)13-37-19-9-7-15(17(31)4-2)23(27)25(19)29/h3-4,6-9H,1-2,5,10-13H2. The molecule has 2 aromatic rings. The molecular weight excluding hydrogens is 570 g/mol. The van der Waals surface area contributed by atoms with Gasteiger partial charge in [-0.05, 0) is 36.4 Å². The van der Waals surface area contributed by atoms with Crippen molar-refractivity contribution in [3.05, 3.63) is 80.8 Å². The molecule has 196 valence electrons. The minimum atomic E-state index is -0.696. The molecule has 2 rings (SSSR count). The number of halogens is 4. The molecule has 37 heavy (non-hydrogen) atoms. The lowest BCUT2D eigenvalue weighted by molar-refractivity contribution is -0.148. The van der Waals surface area contributed by atoms with Crippen LogP contribution >= 0.6 is 46.4 Å². The number of ether oxygens (including phenoxy) is 4. The van der Waals surface area contributed by atoms with Crippen LogP contribution in [0, 0.1) is 0 Å². The first-order chi connectivity index (χ1) is 17.6. The van der Waals surface area contributed by atoms with E-state index in [2.05, 4.69) is 13.2 Å². The van der Waals surface area contributed by atoms with Crippen LogP contribution in [0.15, 0.2) is 49.6 Å². The molecular formula is C25H20Cl4O8. The third-order valence-electron chi connectivity index (χ3n) is 4.50. The lowest BCUT2D eigenvalue weighted by atomic mass is 10.1. The summed E-state index contributed by atoms with van der Waals surface area (Å²) in [7, 11) is 0. The van der Waals surface area contributed by atoms with Gasteiger partial charge in [0.25, 0.3) is 0 Å². The van der Waals surface area contributed by atoms with Crippen LogP contribution in [0.3, 0.4) is 0 Å². The van der Waals surface area contributed by atoms with E-state index in [1.165, 1.54) is 24.3 Å². The molecule has 0 aliphatic heterocycles. The van der Waals surface area contributed by atoms with Crippen molar-refractivity contribution in [3.63, 3.8) is 0 Å². The highest BCUT2D eigenvalue weighted by Gasteiger charge is 2.17. The minimum Gasteiger partial charge on any atom is -0.480 e. The number of esters is 2. The van der Waals surface area contributed by atoms with E-state index in [1.807, 2.05) is 0 Å². The number of hydrogen-bond acceptors (Lipinski definition) is 8. The Morgan fingerprint density at radius 1 is 0.649 bits per heavy atom. The fourth-order valence-corrected chi connectivity index (χ4v) is 3.61. The highest BCUT2D eigenvalue weighted by Crippen LogP contribution is 2.36. The molecule has 0 aromatic heterocycles. The summed E-state index contributed by atoms with van der Waals surface area (Å²) in [4.78, 5) is 47.2. The number of rotatable bonds is 14. The zero-order valence-electron chi connectivity index (χ0n) is 19.2. The van der Waals surface area contributed by atoms with E-state index in [4.69, 9.17) is 65.4 Å². The zero-order valence-corrected chi connectivity index (χ0v) is 22.2. The third kappa shape index (κ3) is 8.50. The Morgan fingerprint density at radius 2 is 1.03 bits per heavy atom. The van der Waals surface area contributed by atoms with Crippen LogP contribution in [0.4, 0.5) is 0 Å². The Morgan fingerprint density at radius 3 is 1.38 bits per heavy atom. The SMILES string of the molecule is C=CC(=O)c1ccc(OCC(=O)OCCCOC(=O)COc2ccc(C(=O)C=C)c(Cl)c2Cl)c(Cl)c1Cl. The molecule has 0 spiro atoms. The van der Waals surface area contributed by atoms with Crippen molar-refractivity contribution in [1.82, 2.24) is 0 Å². The molecule has 2 aromatic carbocycles. The Bertz CT molecular complexity index is 1130. The largest absolute Gasteiger partial charge is 0.480 e. The number of benzene rings is 2. The summed E-state index contributed by atoms with van der Waals surface area (Å²) < 4.78 is 20.6. The van der Waals surface area contributed by atoms with Gasteiger partial charge in [0.1, 0.15) is 21.5 Å². The third-order valence-corrected chi connectivity index (χ3v) is 6.23. The molecule has 0 heterocycles. The molecule has 0 atom stereocenters. The summed E-state index contributed by atoms with van der Waals surface area (Å²) in [6, 6.07) is 5.60. The Labute approximate surface area is 232 Å². The van der Waals surface area contributed by atoms with Crippen LogP contribution in [0.1, 0.15) is 27.1 Å². The highest BCUT2D eigenvalue weighted by molar-refractivity contribution is 6.45. The summed E-state index contributed by atoms with van der Waals surface area (Å²) >= 11 is 24.3. The lowest BCUT2D eigenvalue weighted by Gasteiger charge is -2.11. The first kappa shape index (κ1) is 30.2. The quantitative estimate of drug-likeness (QED) is 0.115. The van der Waals surface area contributed by atoms with Crippen molar-refractivity contribution in [3.8, 4) is 11.5 Å². The summed E-state index contributed by atoms with van der Waals surface area (Å²) in [5, 5.41) is -0.0936. The monoisotopic (exact) mass is 588 g/mol. The van der Waals surface area contributed by atoms with Gasteiger partial charge in [-0.15, -0.1) is 0 Å². The molecule has 0 unspecified atom stereocenters. The molecule has 12 heteroatoms. The molecule has 0 bridgehead atoms. The second-order valence-corrected chi connectivity index (χ2v) is 8.50. The summed E-state index contributed by atoms with van der Waals surface area (Å²) in [6.45, 7) is 5.75. The fourth-order valence-electron chi connectivity index (χ4n) is 2.67. The van der Waals surface area contributed by atoms with E-state index in [0.717, 1.165) is 12.2 Å². The average Bonchev–Trinajstić information content (AvgIpc) is 2.89. The first-order valence-electron chi connectivity index (χ1n) is 10.5. The van der Waals surface area contributed by atoms with E-state index >= 15 is 0 Å². The number of carbonyl (C=O) groups excluding carboxylic acids is 4. The molecule has 0 fully saturated rings. The van der Waals surface area contributed by atoms with Gasteiger partial charge in [-0.3, -0.25) is 9.59 Å². The maximum Gasteiger partial charge on any atom is 0.344 e. The van der Waals surface area contributed by atoms with Crippen LogP contribution < -0.4 is 9.47 Å². The zero-order chi connectivity index (χ0) is 27.5. The molecule has 0 N–H and O–H groups in total. The van der Waals surface area contributed by atoms with Crippen molar-refractivity contribution < 1.29 is 38.1 Å². The molecule has 0 aliphatic carbocycles. The van der Waals surface area contributed by atoms with E-state index in [0.29, 0.717) is 0 Å². The molecule has 0 radical (unpaired) electrons. The van der Waals surface area contributed by atoms with Crippen LogP contribution in [0.5, 0.6) is 11.5 Å². The van der Waals surface area contributed by atoms with Crippen LogP contribution in [0.25, 0.3) is 0 Å². The van der Waals surface area contributed by atoms with Crippen LogP contribution in [-0.4, -0.2) is 49.9 Å². The summed E-state index contributed by atoms with van der Waals surface area (Å²) in [5.41, 5.74) is 0.308. The minimum absolute atomic E-state index is 0.0200. The van der Waals surface area contributed by atoms with E-state index in [9.17, 15) is 19.2 Å². The smallest absolute Gasteiger partial charge is 0.344 e. The maximum absolute atomic E-state index is 11.9. The number of carbonyl (C=O) groups is 4. The van der Waals surface area contributed by atoms with Crippen LogP contribution in [-0.2, 0) is 19.1 Å². The molecule has 8 nitrogen and oxygen atoms in total. The lowest BCUT2D eigenvalue weighted by Crippen LogP contribution is -2.18. The van der Waals surface area contributed by atoms with Gasteiger partial charge in [-0.1, -0.05) is 59.6 Å². The second-order valence-electron chi connectivity index (χ2n) is 6.99. The molecule has 0 saturated carbocycles. The Kier molecular flexibility index (Phi) is 11.9. The van der Waals surface area contributed by atoms with Crippen molar-refractivity contribution >= 4 is 69.9 Å². The molecule has 0 aliphatic rings. The molecule has 0 amide bonds. The average molecular weight is 590 g/mol. The van der Waals surface area contributed by atoms with Crippen LogP contribution in [0.2, 0.25) is 20.1 Å². The van der Waals surface area contributed by atoms with E-state index in [1.54, 1.807) is 0 Å². The van der Waals surface area contributed by atoms with E-state index < -0.39 is 36.7 Å². The van der Waals surface area contributed by atoms with Gasteiger partial charge in [-0.2, -0.15) is 0 Å². The maximum atomic E-state index is 11.9.